The van der Waals surface area contributed by atoms with Crippen LogP contribution in [0.5, 0.6) is 0 Å². The van der Waals surface area contributed by atoms with Crippen molar-refractivity contribution in [2.45, 2.75) is 354 Å². The Morgan fingerprint density at radius 3 is 0.965 bits per heavy atom. The minimum absolute atomic E-state index is 0.0530. The summed E-state index contributed by atoms with van der Waals surface area (Å²) in [6, 6.07) is 0. The Hall–Kier alpha value is -2.81. The Labute approximate surface area is 525 Å². The summed E-state index contributed by atoms with van der Waals surface area (Å²) < 4.78 is 33.2. The zero-order chi connectivity index (χ0) is 61.6. The van der Waals surface area contributed by atoms with Gasteiger partial charge in [0.1, 0.15) is 6.61 Å². The highest BCUT2D eigenvalue weighted by atomic mass is 31.2. The van der Waals surface area contributed by atoms with Crippen LogP contribution in [0.4, 0.5) is 0 Å². The van der Waals surface area contributed by atoms with Crippen LogP contribution in [0, 0.1) is 0 Å². The van der Waals surface area contributed by atoms with Crippen molar-refractivity contribution in [1.29, 1.82) is 0 Å². The lowest BCUT2D eigenvalue weighted by molar-refractivity contribution is -0.161. The van der Waals surface area contributed by atoms with Gasteiger partial charge in [-0.05, 0) is 89.9 Å². The summed E-state index contributed by atoms with van der Waals surface area (Å²) in [6.07, 6.45) is 94.0. The Kier molecular flexibility index (Phi) is 68.0. The number of carbonyl (C=O) groups is 2. The number of phosphoric acid groups is 1. The molecule has 0 aliphatic rings. The molecule has 0 aromatic rings. The molecule has 2 atom stereocenters. The molecule has 0 saturated heterocycles. The second kappa shape index (κ2) is 70.3. The summed E-state index contributed by atoms with van der Waals surface area (Å²) in [4.78, 5) is 35.4. The normalized spacial score (nSPS) is 13.4. The van der Waals surface area contributed by atoms with E-state index < -0.39 is 26.5 Å². The first kappa shape index (κ1) is 82.2. The van der Waals surface area contributed by atoms with E-state index in [1.165, 1.54) is 238 Å². The number of unbranched alkanes of at least 4 members (excludes halogenated alkanes) is 41. The summed E-state index contributed by atoms with van der Waals surface area (Å²) in [5.74, 6) is -0.813. The van der Waals surface area contributed by atoms with Gasteiger partial charge >= 0.3 is 19.8 Å². The molecule has 0 aliphatic heterocycles. The number of carbonyl (C=O) groups excluding carboxylic acids is 2. The van der Waals surface area contributed by atoms with E-state index >= 15 is 0 Å². The molecule has 494 valence electrons. The van der Waals surface area contributed by atoms with Crippen LogP contribution in [-0.4, -0.2) is 49.3 Å². The highest BCUT2D eigenvalue weighted by Crippen LogP contribution is 2.43. The molecule has 85 heavy (non-hydrogen) atoms. The van der Waals surface area contributed by atoms with Gasteiger partial charge in [0.15, 0.2) is 6.10 Å². The van der Waals surface area contributed by atoms with Gasteiger partial charge in [-0.3, -0.25) is 18.6 Å². The van der Waals surface area contributed by atoms with Crippen molar-refractivity contribution in [2.24, 2.45) is 5.73 Å². The lowest BCUT2D eigenvalue weighted by Crippen LogP contribution is -2.29. The average Bonchev–Trinajstić information content (AvgIpc) is 3.52. The van der Waals surface area contributed by atoms with Crippen LogP contribution in [0.2, 0.25) is 0 Å². The number of ether oxygens (including phenoxy) is 2. The fourth-order valence-electron chi connectivity index (χ4n) is 10.5. The summed E-state index contributed by atoms with van der Waals surface area (Å²) >= 11 is 0. The molecular formula is C75H136NO8P. The minimum Gasteiger partial charge on any atom is -0.462 e. The van der Waals surface area contributed by atoms with Crippen molar-refractivity contribution < 1.29 is 37.6 Å². The fourth-order valence-corrected chi connectivity index (χ4v) is 11.2. The molecule has 0 aromatic heterocycles. The predicted octanol–water partition coefficient (Wildman–Crippen LogP) is 23.8. The molecule has 9 nitrogen and oxygen atoms in total. The van der Waals surface area contributed by atoms with Gasteiger partial charge in [-0.25, -0.2) is 4.57 Å². The summed E-state index contributed by atoms with van der Waals surface area (Å²) in [5.41, 5.74) is 5.41. The van der Waals surface area contributed by atoms with Gasteiger partial charge in [0.25, 0.3) is 0 Å². The van der Waals surface area contributed by atoms with E-state index in [0.29, 0.717) is 6.42 Å². The van der Waals surface area contributed by atoms with Gasteiger partial charge in [-0.1, -0.05) is 330 Å². The SMILES string of the molecule is CC/C=C\C/C=C\C/C=C\C/C=C\CCCCCCCCCCCCCCCCCCCCC(=O)OC(COC(=O)CCCCCCCCCCCCCCCCCCCC/C=C\C/C=C\C/C=C\CCCCCCC)COP(=O)(O)OCCN. The minimum atomic E-state index is -4.40. The largest absolute Gasteiger partial charge is 0.472 e. The van der Waals surface area contributed by atoms with E-state index in [1.54, 1.807) is 0 Å². The van der Waals surface area contributed by atoms with Crippen LogP contribution >= 0.6 is 7.82 Å². The predicted molar refractivity (Wildman–Crippen MR) is 367 cm³/mol. The van der Waals surface area contributed by atoms with Gasteiger partial charge in [-0.2, -0.15) is 0 Å². The van der Waals surface area contributed by atoms with Gasteiger partial charge in [-0.15, -0.1) is 0 Å². The van der Waals surface area contributed by atoms with Crippen molar-refractivity contribution >= 4 is 19.8 Å². The van der Waals surface area contributed by atoms with Crippen molar-refractivity contribution in [3.8, 4) is 0 Å². The number of allylic oxidation sites excluding steroid dienone is 14. The van der Waals surface area contributed by atoms with Gasteiger partial charge in [0.05, 0.1) is 13.2 Å². The smallest absolute Gasteiger partial charge is 0.462 e. The lowest BCUT2D eigenvalue weighted by Gasteiger charge is -2.19. The third kappa shape index (κ3) is 70.2. The molecule has 0 spiro atoms. The maximum Gasteiger partial charge on any atom is 0.472 e. The summed E-state index contributed by atoms with van der Waals surface area (Å²) in [7, 11) is -4.40. The quantitative estimate of drug-likeness (QED) is 0.0264. The molecular weight excluding hydrogens is 1070 g/mol. The molecule has 0 fully saturated rings. The Bertz CT molecular complexity index is 1670. The Morgan fingerprint density at radius 1 is 0.365 bits per heavy atom. The third-order valence-corrected chi connectivity index (χ3v) is 16.7. The molecule has 0 rings (SSSR count). The number of hydrogen-bond donors (Lipinski definition) is 2. The zero-order valence-corrected chi connectivity index (χ0v) is 56.5. The Morgan fingerprint density at radius 2 is 0.647 bits per heavy atom. The maximum absolute atomic E-state index is 12.8. The molecule has 0 radical (unpaired) electrons. The van der Waals surface area contributed by atoms with Crippen LogP contribution in [0.15, 0.2) is 85.1 Å². The summed E-state index contributed by atoms with van der Waals surface area (Å²) in [5, 5.41) is 0. The molecule has 10 heteroatoms. The monoisotopic (exact) mass is 1210 g/mol. The third-order valence-electron chi connectivity index (χ3n) is 15.8. The highest BCUT2D eigenvalue weighted by Gasteiger charge is 2.26. The highest BCUT2D eigenvalue weighted by molar-refractivity contribution is 7.47. The second-order valence-electron chi connectivity index (χ2n) is 24.1. The second-order valence-corrected chi connectivity index (χ2v) is 25.5. The molecule has 0 aromatic carbocycles. The number of phosphoric ester groups is 1. The van der Waals surface area contributed by atoms with E-state index in [4.69, 9.17) is 24.3 Å². The van der Waals surface area contributed by atoms with Crippen LogP contribution in [0.25, 0.3) is 0 Å². The van der Waals surface area contributed by atoms with Gasteiger partial charge in [0, 0.05) is 19.4 Å². The fraction of sp³-hybridized carbons (Fsp3) is 0.787. The molecule has 0 heterocycles. The topological polar surface area (TPSA) is 134 Å². The molecule has 0 aliphatic carbocycles. The van der Waals surface area contributed by atoms with Gasteiger partial charge in [0.2, 0.25) is 0 Å². The number of hydrogen-bond acceptors (Lipinski definition) is 8. The molecule has 0 amide bonds. The number of esters is 2. The first-order valence-corrected chi connectivity index (χ1v) is 37.6. The average molecular weight is 1210 g/mol. The maximum atomic E-state index is 12.8. The first-order valence-electron chi connectivity index (χ1n) is 36.1. The van der Waals surface area contributed by atoms with Crippen molar-refractivity contribution in [1.82, 2.24) is 0 Å². The standard InChI is InChI=1S/C75H136NO8P/c1-3-5-7-9-11-13-15-17-19-21-23-25-27-29-31-33-35-36-38-39-41-43-45-47-49-51-53-55-57-59-61-63-65-67-74(77)81-71-73(72-83-85(79,80)82-70-69-76)84-75(78)68-66-64-62-60-58-56-54-52-50-48-46-44-42-40-37-34-32-30-28-26-24-22-20-18-16-14-12-10-8-6-4-2/h6,8,12,14-15,17-18,20-21,23-24,26-27,29,73H,3-5,7,9-11,13,16,19,22,25,28,30-72,76H2,1-2H3,(H,79,80)/b8-6-,14-12-,17-15-,20-18-,23-21-,26-24-,29-27-. The van der Waals surface area contributed by atoms with E-state index in [9.17, 15) is 19.0 Å². The van der Waals surface area contributed by atoms with E-state index in [1.807, 2.05) is 0 Å². The molecule has 3 N–H and O–H groups in total. The van der Waals surface area contributed by atoms with Crippen molar-refractivity contribution in [2.75, 3.05) is 26.4 Å². The van der Waals surface area contributed by atoms with Crippen molar-refractivity contribution in [3.63, 3.8) is 0 Å². The zero-order valence-electron chi connectivity index (χ0n) is 55.6. The van der Waals surface area contributed by atoms with Gasteiger partial charge < -0.3 is 20.1 Å². The van der Waals surface area contributed by atoms with Crippen LogP contribution in [0.3, 0.4) is 0 Å². The Balaban J connectivity index is 3.83. The number of rotatable bonds is 68. The molecule has 2 unspecified atom stereocenters. The van der Waals surface area contributed by atoms with E-state index in [0.717, 1.165) is 77.0 Å². The molecule has 0 bridgehead atoms. The lowest BCUT2D eigenvalue weighted by atomic mass is 10.0. The van der Waals surface area contributed by atoms with E-state index in [2.05, 4.69) is 98.9 Å². The van der Waals surface area contributed by atoms with Crippen LogP contribution in [0.1, 0.15) is 348 Å². The number of nitrogens with two attached hydrogens (primary N) is 1. The summed E-state index contributed by atoms with van der Waals surface area (Å²) in [6.45, 7) is 3.67. The van der Waals surface area contributed by atoms with Crippen LogP contribution < -0.4 is 5.73 Å². The van der Waals surface area contributed by atoms with Crippen LogP contribution in [-0.2, 0) is 32.7 Å². The van der Waals surface area contributed by atoms with Crippen molar-refractivity contribution in [3.05, 3.63) is 85.1 Å². The molecule has 0 saturated carbocycles. The van der Waals surface area contributed by atoms with E-state index in [-0.39, 0.29) is 38.6 Å². The first-order chi connectivity index (χ1) is 41.8.